The predicted octanol–water partition coefficient (Wildman–Crippen LogP) is 7.98. The number of imidazole rings is 1. The van der Waals surface area contributed by atoms with Crippen LogP contribution in [-0.2, 0) is 20.4 Å². The third-order valence-electron chi connectivity index (χ3n) is 9.79. The number of aromatic nitrogens is 4. The molecule has 1 fully saturated rings. The van der Waals surface area contributed by atoms with Gasteiger partial charge in [0.15, 0.2) is 0 Å². The van der Waals surface area contributed by atoms with Gasteiger partial charge in [-0.25, -0.2) is 19.7 Å². The number of likely N-dealkylation sites (N-methyl/N-ethyl adjacent to an activating group) is 1. The monoisotopic (exact) mass is 822 g/mol. The summed E-state index contributed by atoms with van der Waals surface area (Å²) < 4.78 is 52.4. The summed E-state index contributed by atoms with van der Waals surface area (Å²) in [4.78, 5) is 55.4. The molecule has 3 aromatic heterocycles. The Hall–Kier alpha value is -5.29. The van der Waals surface area contributed by atoms with Crippen LogP contribution in [0.2, 0.25) is 25.7 Å². The molecule has 312 valence electrons. The van der Waals surface area contributed by atoms with Crippen molar-refractivity contribution in [1.82, 2.24) is 29.2 Å². The Labute approximate surface area is 337 Å². The number of hydrogen-bond acceptors (Lipinski definition) is 10. The Balaban J connectivity index is 1.42. The van der Waals surface area contributed by atoms with E-state index < -0.39 is 25.7 Å². The number of nitrogens with zero attached hydrogens (tertiary/aromatic N) is 6. The van der Waals surface area contributed by atoms with E-state index in [0.29, 0.717) is 61.9 Å². The van der Waals surface area contributed by atoms with Gasteiger partial charge in [0.2, 0.25) is 0 Å². The van der Waals surface area contributed by atoms with Gasteiger partial charge in [-0.15, -0.1) is 0 Å². The number of nitrogen functional groups attached to an aromatic ring is 1. The second kappa shape index (κ2) is 19.4. The van der Waals surface area contributed by atoms with Crippen LogP contribution in [0.25, 0.3) is 22.9 Å². The molecule has 3 N–H and O–H groups in total. The Morgan fingerprint density at radius 1 is 1.09 bits per heavy atom. The quantitative estimate of drug-likeness (QED) is 0.0645. The lowest BCUT2D eigenvalue weighted by molar-refractivity contribution is -0.143. The molecule has 1 aliphatic heterocycles. The summed E-state index contributed by atoms with van der Waals surface area (Å²) in [5, 5.41) is 2.44. The van der Waals surface area contributed by atoms with Gasteiger partial charge < -0.3 is 30.3 Å². The Bertz CT molecular complexity index is 2080. The van der Waals surface area contributed by atoms with E-state index in [4.69, 9.17) is 20.2 Å². The molecule has 1 atom stereocenters. The van der Waals surface area contributed by atoms with Crippen LogP contribution in [0.5, 0.6) is 0 Å². The van der Waals surface area contributed by atoms with Crippen molar-refractivity contribution in [3.63, 3.8) is 0 Å². The fourth-order valence-electron chi connectivity index (χ4n) is 6.64. The van der Waals surface area contributed by atoms with Crippen LogP contribution in [0.15, 0.2) is 54.9 Å². The summed E-state index contributed by atoms with van der Waals surface area (Å²) in [5.74, 6) is -0.280. The molecule has 5 rings (SSSR count). The number of nitrogens with one attached hydrogen (secondary N) is 1. The minimum atomic E-state index is -4.58. The van der Waals surface area contributed by atoms with Crippen LogP contribution in [0.4, 0.5) is 29.6 Å². The maximum absolute atomic E-state index is 13.2. The lowest BCUT2D eigenvalue weighted by atomic mass is 9.97. The highest BCUT2D eigenvalue weighted by atomic mass is 28.3. The molecule has 1 aliphatic rings. The average molecular weight is 823 g/mol. The molecule has 0 spiro atoms. The van der Waals surface area contributed by atoms with Gasteiger partial charge in [-0.3, -0.25) is 14.0 Å². The zero-order valence-electron chi connectivity index (χ0n) is 33.8. The summed E-state index contributed by atoms with van der Waals surface area (Å²) in [6.45, 7) is 11.6. The van der Waals surface area contributed by atoms with Crippen molar-refractivity contribution >= 4 is 49.3 Å². The third kappa shape index (κ3) is 11.9. The van der Waals surface area contributed by atoms with Crippen LogP contribution in [-0.4, -0.2) is 102 Å². The van der Waals surface area contributed by atoms with E-state index in [1.54, 1.807) is 42.3 Å². The summed E-state index contributed by atoms with van der Waals surface area (Å²) >= 11 is 0. The number of benzene rings is 1. The minimum Gasteiger partial charge on any atom is -0.466 e. The number of halogens is 3. The number of carbonyl (C=O) groups excluding carboxylic acids is 3. The Morgan fingerprint density at radius 2 is 1.84 bits per heavy atom. The van der Waals surface area contributed by atoms with Gasteiger partial charge in [0.25, 0.3) is 5.91 Å². The number of amides is 2. The van der Waals surface area contributed by atoms with Crippen LogP contribution in [0, 0.1) is 0 Å². The number of unbranched alkanes of at least 4 members (excludes halogenated alkanes) is 1. The molecule has 58 heavy (non-hydrogen) atoms. The summed E-state index contributed by atoms with van der Waals surface area (Å²) in [5.41, 5.74) is 8.31. The number of hydrogen-bond donors (Lipinski definition) is 2. The fraction of sp³-hybridized carbons (Fsp3) is 0.463. The van der Waals surface area contributed by atoms with Gasteiger partial charge in [-0.1, -0.05) is 37.8 Å². The first-order valence-electron chi connectivity index (χ1n) is 19.6. The molecule has 4 heterocycles. The number of esters is 1. The summed E-state index contributed by atoms with van der Waals surface area (Å²) in [6.07, 6.45) is 5.21. The second-order valence-electron chi connectivity index (χ2n) is 15.7. The van der Waals surface area contributed by atoms with Crippen LogP contribution in [0.1, 0.15) is 72.4 Å². The number of likely N-dealkylation sites (tertiary alicyclic amines) is 1. The van der Waals surface area contributed by atoms with E-state index in [1.165, 1.54) is 0 Å². The largest absolute Gasteiger partial charge is 0.466 e. The fourth-order valence-corrected chi connectivity index (χ4v) is 7.36. The van der Waals surface area contributed by atoms with E-state index >= 15 is 0 Å². The molecular weight excluding hydrogens is 770 g/mol. The van der Waals surface area contributed by atoms with Gasteiger partial charge >= 0.3 is 18.2 Å². The van der Waals surface area contributed by atoms with Gasteiger partial charge in [0.05, 0.1) is 30.7 Å². The molecule has 1 saturated heterocycles. The minimum absolute atomic E-state index is 0.166. The van der Waals surface area contributed by atoms with Crippen molar-refractivity contribution in [1.29, 1.82) is 0 Å². The van der Waals surface area contributed by atoms with Gasteiger partial charge in [-0.2, -0.15) is 13.2 Å². The number of ether oxygens (including phenoxy) is 2. The predicted molar refractivity (Wildman–Crippen MR) is 220 cm³/mol. The molecule has 1 aromatic carbocycles. The molecular formula is C41H53F3N8O5Si. The summed E-state index contributed by atoms with van der Waals surface area (Å²) in [7, 11) is 0.608. The number of pyridine rings is 1. The SMILES string of the molecule is CCOC(=O)CCCCN(C)C/C=C/c1cnc(N)c2c(-c3ccc(C(=O)Nc4cc(C(F)(F)F)ccn4)cc3)nc([C@@H]3CCCN(C(=O)OCC[Si](C)(C)C)C3)n12. The highest BCUT2D eigenvalue weighted by Gasteiger charge is 2.32. The van der Waals surface area contributed by atoms with Crippen molar-refractivity contribution in [2.75, 3.05) is 57.5 Å². The molecule has 17 heteroatoms. The average Bonchev–Trinajstić information content (AvgIpc) is 3.59. The number of carbonyl (C=O) groups is 3. The number of anilines is 2. The lowest BCUT2D eigenvalue weighted by Gasteiger charge is -2.32. The van der Waals surface area contributed by atoms with E-state index in [0.717, 1.165) is 62.3 Å². The van der Waals surface area contributed by atoms with Crippen LogP contribution >= 0.6 is 0 Å². The van der Waals surface area contributed by atoms with Crippen molar-refractivity contribution in [2.24, 2.45) is 0 Å². The highest BCUT2D eigenvalue weighted by molar-refractivity contribution is 6.76. The molecule has 0 aliphatic carbocycles. The first kappa shape index (κ1) is 43.8. The highest BCUT2D eigenvalue weighted by Crippen LogP contribution is 2.36. The number of rotatable bonds is 16. The third-order valence-corrected chi connectivity index (χ3v) is 11.5. The van der Waals surface area contributed by atoms with Crippen molar-refractivity contribution in [2.45, 2.75) is 76.8 Å². The topological polar surface area (TPSA) is 157 Å². The number of nitrogens with two attached hydrogens (primary N) is 1. The van der Waals surface area contributed by atoms with Gasteiger partial charge in [0, 0.05) is 57.4 Å². The molecule has 0 radical (unpaired) electrons. The molecule has 0 unspecified atom stereocenters. The van der Waals surface area contributed by atoms with E-state index in [9.17, 15) is 27.6 Å². The van der Waals surface area contributed by atoms with Crippen molar-refractivity contribution < 1.29 is 37.0 Å². The molecule has 2 amide bonds. The second-order valence-corrected chi connectivity index (χ2v) is 21.3. The number of alkyl halides is 3. The van der Waals surface area contributed by atoms with E-state index in [-0.39, 0.29) is 35.2 Å². The van der Waals surface area contributed by atoms with Crippen molar-refractivity contribution in [3.8, 4) is 11.3 Å². The molecule has 0 bridgehead atoms. The summed E-state index contributed by atoms with van der Waals surface area (Å²) in [6, 6.07) is 8.98. The first-order chi connectivity index (χ1) is 27.5. The lowest BCUT2D eigenvalue weighted by Crippen LogP contribution is -2.40. The molecule has 0 saturated carbocycles. The smallest absolute Gasteiger partial charge is 0.416 e. The van der Waals surface area contributed by atoms with Crippen LogP contribution < -0.4 is 11.1 Å². The standard InChI is InChI=1S/C41H53F3N8O5Si/c1-6-56-34(53)13-7-8-20-50(2)21-10-12-32-26-47-37(45)36-35(28-14-16-29(17-15-28)39(54)48-33-25-31(18-19-46-33)41(42,43)44)49-38(52(32)36)30-11-9-22-51(27-30)40(55)57-23-24-58(3,4)5/h10,12,14-19,25-26,30H,6-9,11,13,20-24,27H2,1-5H3,(H2,45,47)(H,46,48,54)/b12-10+/t30-/m1/s1. The maximum atomic E-state index is 13.2. The van der Waals surface area contributed by atoms with E-state index in [1.807, 2.05) is 23.6 Å². The zero-order chi connectivity index (χ0) is 42.0. The maximum Gasteiger partial charge on any atom is 0.416 e. The normalized spacial score (nSPS) is 15.0. The number of piperidine rings is 1. The molecule has 4 aromatic rings. The van der Waals surface area contributed by atoms with Gasteiger partial charge in [0.1, 0.15) is 28.7 Å². The zero-order valence-corrected chi connectivity index (χ0v) is 34.8. The van der Waals surface area contributed by atoms with Crippen LogP contribution in [0.3, 0.4) is 0 Å². The first-order valence-corrected chi connectivity index (χ1v) is 23.3. The number of fused-ring (bicyclic) bond motifs is 1. The van der Waals surface area contributed by atoms with Gasteiger partial charge in [-0.05, 0) is 82.6 Å². The van der Waals surface area contributed by atoms with E-state index in [2.05, 4.69) is 39.8 Å². The Morgan fingerprint density at radius 3 is 2.55 bits per heavy atom. The Kier molecular flexibility index (Phi) is 14.7. The van der Waals surface area contributed by atoms with Crippen molar-refractivity contribution in [3.05, 3.63) is 77.5 Å². The molecule has 13 nitrogen and oxygen atoms in total.